The first-order valence-corrected chi connectivity index (χ1v) is 9.15. The fourth-order valence-corrected chi connectivity index (χ4v) is 2.70. The summed E-state index contributed by atoms with van der Waals surface area (Å²) in [5.41, 5.74) is 0.668. The molecule has 0 atom stereocenters. The van der Waals surface area contributed by atoms with Crippen LogP contribution in [0.4, 0.5) is 5.69 Å². The molecule has 2 aromatic carbocycles. The highest BCUT2D eigenvalue weighted by Gasteiger charge is 2.17. The molecule has 0 unspecified atom stereocenters. The largest absolute Gasteiger partial charge is 0.497 e. The molecule has 0 aliphatic carbocycles. The number of hydrogen-bond donors (Lipinski definition) is 1. The molecule has 0 bridgehead atoms. The van der Waals surface area contributed by atoms with Crippen molar-refractivity contribution in [3.8, 4) is 17.2 Å². The normalized spacial score (nSPS) is 10.1. The molecule has 2 rings (SSSR count). The zero-order valence-electron chi connectivity index (χ0n) is 15.5. The second-order valence-electron chi connectivity index (χ2n) is 5.26. The van der Waals surface area contributed by atoms with Gasteiger partial charge in [0.25, 0.3) is 5.91 Å². The van der Waals surface area contributed by atoms with Crippen molar-refractivity contribution in [2.24, 2.45) is 0 Å². The first-order chi connectivity index (χ1) is 13.0. The number of carbonyl (C=O) groups excluding carboxylic acids is 2. The highest BCUT2D eigenvalue weighted by atomic mass is 32.2. The van der Waals surface area contributed by atoms with Gasteiger partial charge in [-0.25, -0.2) is 4.79 Å². The highest BCUT2D eigenvalue weighted by Crippen LogP contribution is 2.29. The number of anilines is 1. The Hall–Kier alpha value is -2.87. The molecule has 0 heterocycles. The van der Waals surface area contributed by atoms with E-state index >= 15 is 0 Å². The predicted molar refractivity (Wildman–Crippen MR) is 103 cm³/mol. The van der Waals surface area contributed by atoms with Crippen LogP contribution in [-0.4, -0.2) is 46.1 Å². The van der Waals surface area contributed by atoms with Crippen LogP contribution in [0.2, 0.25) is 0 Å². The summed E-state index contributed by atoms with van der Waals surface area (Å²) in [6.45, 7) is -0.452. The van der Waals surface area contributed by atoms with Crippen molar-refractivity contribution >= 4 is 29.3 Å². The number of amides is 1. The van der Waals surface area contributed by atoms with Gasteiger partial charge in [0.1, 0.15) is 22.8 Å². The maximum absolute atomic E-state index is 12.3. The van der Waals surface area contributed by atoms with Crippen LogP contribution in [0, 0.1) is 0 Å². The average Bonchev–Trinajstić information content (AvgIpc) is 2.71. The first kappa shape index (κ1) is 20.4. The minimum atomic E-state index is -0.646. The standard InChI is InChI=1S/C19H21NO6S/c1-23-12-5-8-16(24-2)15(9-12)20-18(21)11-26-19(22)14-7-6-13(27-4)10-17(14)25-3/h5-10H,11H2,1-4H3,(H,20,21). The van der Waals surface area contributed by atoms with E-state index in [9.17, 15) is 9.59 Å². The van der Waals surface area contributed by atoms with Crippen LogP contribution in [0.1, 0.15) is 10.4 Å². The number of thioether (sulfide) groups is 1. The molecule has 1 N–H and O–H groups in total. The van der Waals surface area contributed by atoms with Crippen LogP contribution in [0.5, 0.6) is 17.2 Å². The van der Waals surface area contributed by atoms with Gasteiger partial charge in [0.15, 0.2) is 6.61 Å². The third-order valence-corrected chi connectivity index (χ3v) is 4.37. The Balaban J connectivity index is 2.03. The zero-order chi connectivity index (χ0) is 19.8. The van der Waals surface area contributed by atoms with Crippen LogP contribution >= 0.6 is 11.8 Å². The minimum absolute atomic E-state index is 0.252. The topological polar surface area (TPSA) is 83.1 Å². The molecule has 7 nitrogen and oxygen atoms in total. The third-order valence-electron chi connectivity index (χ3n) is 3.64. The molecule has 8 heteroatoms. The quantitative estimate of drug-likeness (QED) is 0.546. The number of ether oxygens (including phenoxy) is 4. The molecule has 0 aromatic heterocycles. The second-order valence-corrected chi connectivity index (χ2v) is 6.14. The fraction of sp³-hybridized carbons (Fsp3) is 0.263. The number of nitrogens with one attached hydrogen (secondary N) is 1. The van der Waals surface area contributed by atoms with E-state index in [1.54, 1.807) is 36.4 Å². The van der Waals surface area contributed by atoms with Gasteiger partial charge in [-0.2, -0.15) is 0 Å². The Kier molecular flexibility index (Phi) is 7.36. The van der Waals surface area contributed by atoms with E-state index < -0.39 is 18.5 Å². The summed E-state index contributed by atoms with van der Waals surface area (Å²) in [5.74, 6) is 0.259. The molecule has 0 fully saturated rings. The van der Waals surface area contributed by atoms with Crippen molar-refractivity contribution in [2.45, 2.75) is 4.90 Å². The van der Waals surface area contributed by atoms with Gasteiger partial charge in [-0.15, -0.1) is 11.8 Å². The van der Waals surface area contributed by atoms with Crippen molar-refractivity contribution in [3.63, 3.8) is 0 Å². The molecule has 1 amide bonds. The second kappa shape index (κ2) is 9.72. The van der Waals surface area contributed by atoms with Gasteiger partial charge in [-0.1, -0.05) is 0 Å². The summed E-state index contributed by atoms with van der Waals surface area (Å²) >= 11 is 1.53. The minimum Gasteiger partial charge on any atom is -0.497 e. The molecule has 0 saturated carbocycles. The SMILES string of the molecule is COc1ccc(OC)c(NC(=O)COC(=O)c2ccc(SC)cc2OC)c1. The maximum atomic E-state index is 12.3. The van der Waals surface area contributed by atoms with E-state index in [0.29, 0.717) is 22.9 Å². The van der Waals surface area contributed by atoms with Crippen LogP contribution in [0.25, 0.3) is 0 Å². The summed E-state index contributed by atoms with van der Waals surface area (Å²) in [6, 6.07) is 10.1. The third kappa shape index (κ3) is 5.30. The van der Waals surface area contributed by atoms with Crippen molar-refractivity contribution in [1.82, 2.24) is 0 Å². The molecule has 0 aliphatic heterocycles. The maximum Gasteiger partial charge on any atom is 0.342 e. The zero-order valence-corrected chi connectivity index (χ0v) is 16.3. The van der Waals surface area contributed by atoms with E-state index in [1.807, 2.05) is 6.26 Å². The van der Waals surface area contributed by atoms with Crippen LogP contribution in [0.15, 0.2) is 41.3 Å². The van der Waals surface area contributed by atoms with E-state index in [4.69, 9.17) is 18.9 Å². The van der Waals surface area contributed by atoms with Gasteiger partial charge in [0, 0.05) is 11.0 Å². The molecule has 2 aromatic rings. The van der Waals surface area contributed by atoms with Crippen LogP contribution in [0.3, 0.4) is 0 Å². The average molecular weight is 391 g/mol. The molecular formula is C19H21NO6S. The summed E-state index contributed by atoms with van der Waals surface area (Å²) in [7, 11) is 4.48. The van der Waals surface area contributed by atoms with Gasteiger partial charge >= 0.3 is 5.97 Å². The number of benzene rings is 2. The van der Waals surface area contributed by atoms with E-state index in [0.717, 1.165) is 4.90 Å². The van der Waals surface area contributed by atoms with E-state index in [2.05, 4.69) is 5.32 Å². The lowest BCUT2D eigenvalue weighted by Crippen LogP contribution is -2.21. The van der Waals surface area contributed by atoms with Crippen LogP contribution < -0.4 is 19.5 Å². The Bertz CT molecular complexity index is 824. The Morgan fingerprint density at radius 2 is 1.70 bits per heavy atom. The van der Waals surface area contributed by atoms with Crippen molar-refractivity contribution in [1.29, 1.82) is 0 Å². The van der Waals surface area contributed by atoms with Gasteiger partial charge < -0.3 is 24.3 Å². The van der Waals surface area contributed by atoms with Crippen molar-refractivity contribution in [2.75, 3.05) is 39.5 Å². The van der Waals surface area contributed by atoms with Crippen LogP contribution in [-0.2, 0) is 9.53 Å². The van der Waals surface area contributed by atoms with Gasteiger partial charge in [-0.05, 0) is 36.6 Å². The van der Waals surface area contributed by atoms with Crippen molar-refractivity contribution in [3.05, 3.63) is 42.0 Å². The number of methoxy groups -OCH3 is 3. The number of esters is 1. The summed E-state index contributed by atoms with van der Waals surface area (Å²) in [6.07, 6.45) is 1.92. The number of hydrogen-bond acceptors (Lipinski definition) is 7. The molecule has 0 aliphatic rings. The number of carbonyl (C=O) groups is 2. The lowest BCUT2D eigenvalue weighted by atomic mass is 10.2. The van der Waals surface area contributed by atoms with Gasteiger partial charge in [0.2, 0.25) is 0 Å². The lowest BCUT2D eigenvalue weighted by Gasteiger charge is -2.12. The van der Waals surface area contributed by atoms with E-state index in [1.165, 1.54) is 33.1 Å². The predicted octanol–water partition coefficient (Wildman–Crippen LogP) is 3.23. The Morgan fingerprint density at radius 1 is 0.963 bits per heavy atom. The highest BCUT2D eigenvalue weighted by molar-refractivity contribution is 7.98. The van der Waals surface area contributed by atoms with Crippen molar-refractivity contribution < 1.29 is 28.5 Å². The summed E-state index contributed by atoms with van der Waals surface area (Å²) < 4.78 is 20.6. The lowest BCUT2D eigenvalue weighted by molar-refractivity contribution is -0.119. The molecule has 0 spiro atoms. The summed E-state index contributed by atoms with van der Waals surface area (Å²) in [4.78, 5) is 25.4. The van der Waals surface area contributed by atoms with Gasteiger partial charge in [0.05, 0.1) is 27.0 Å². The first-order valence-electron chi connectivity index (χ1n) is 7.93. The number of rotatable bonds is 8. The Labute approximate surface area is 161 Å². The molecule has 0 saturated heterocycles. The smallest absolute Gasteiger partial charge is 0.342 e. The fourth-order valence-electron chi connectivity index (χ4n) is 2.27. The molecule has 0 radical (unpaired) electrons. The summed E-state index contributed by atoms with van der Waals surface area (Å²) in [5, 5.41) is 2.63. The monoisotopic (exact) mass is 391 g/mol. The molecule has 27 heavy (non-hydrogen) atoms. The van der Waals surface area contributed by atoms with Gasteiger partial charge in [-0.3, -0.25) is 4.79 Å². The molecule has 144 valence electrons. The molecular weight excluding hydrogens is 370 g/mol. The van der Waals surface area contributed by atoms with E-state index in [-0.39, 0.29) is 5.56 Å². The Morgan fingerprint density at radius 3 is 2.33 bits per heavy atom.